The van der Waals surface area contributed by atoms with E-state index < -0.39 is 6.10 Å². The molecule has 0 aliphatic carbocycles. The van der Waals surface area contributed by atoms with Crippen molar-refractivity contribution in [2.45, 2.75) is 25.1 Å². The second-order valence-electron chi connectivity index (χ2n) is 8.79. The van der Waals surface area contributed by atoms with Crippen molar-refractivity contribution in [1.29, 1.82) is 0 Å². The monoisotopic (exact) mass is 502 g/mol. The van der Waals surface area contributed by atoms with Crippen LogP contribution in [0, 0.1) is 5.92 Å². The predicted octanol–water partition coefficient (Wildman–Crippen LogP) is 6.09. The highest BCUT2D eigenvalue weighted by Crippen LogP contribution is 2.32. The number of hydrogen-bond donors (Lipinski definition) is 2. The molecule has 0 aliphatic rings. The Morgan fingerprint density at radius 3 is 2.19 bits per heavy atom. The Kier molecular flexibility index (Phi) is 8.81. The van der Waals surface area contributed by atoms with Crippen LogP contribution in [0.2, 0.25) is 0 Å². The summed E-state index contributed by atoms with van der Waals surface area (Å²) in [6.07, 6.45) is -0.698. The van der Waals surface area contributed by atoms with Gasteiger partial charge in [0, 0.05) is 16.9 Å². The third kappa shape index (κ3) is 6.99. The van der Waals surface area contributed by atoms with E-state index in [0.717, 1.165) is 27.7 Å². The Morgan fingerprint density at radius 2 is 1.56 bits per heavy atom. The standard InChI is InChI=1S/C29H30N2O4S/c1-20(2)17-35-28(33)23-13-15-25(16-14-23)34-18-24(32)19-36-29-30-26(21-9-5-3-6-10-21)27(31-29)22-11-7-4-8-12-22/h3-16,20,24,32H,17-19H2,1-2H3,(H,30,31)/t24-/m0/s1. The van der Waals surface area contributed by atoms with Crippen LogP contribution in [-0.2, 0) is 4.74 Å². The quantitative estimate of drug-likeness (QED) is 0.191. The third-order valence-electron chi connectivity index (χ3n) is 5.28. The summed E-state index contributed by atoms with van der Waals surface area (Å²) in [6, 6.07) is 26.9. The summed E-state index contributed by atoms with van der Waals surface area (Å²) in [7, 11) is 0. The molecule has 1 atom stereocenters. The fraction of sp³-hybridized carbons (Fsp3) is 0.241. The van der Waals surface area contributed by atoms with Crippen molar-refractivity contribution in [3.8, 4) is 28.3 Å². The molecule has 4 rings (SSSR count). The Hall–Kier alpha value is -3.55. The molecule has 0 amide bonds. The van der Waals surface area contributed by atoms with E-state index in [0.29, 0.717) is 23.7 Å². The van der Waals surface area contributed by atoms with Gasteiger partial charge in [-0.1, -0.05) is 86.3 Å². The molecule has 7 heteroatoms. The van der Waals surface area contributed by atoms with Crippen molar-refractivity contribution in [1.82, 2.24) is 9.97 Å². The molecule has 0 bridgehead atoms. The highest BCUT2D eigenvalue weighted by atomic mass is 32.2. The lowest BCUT2D eigenvalue weighted by Gasteiger charge is -2.12. The second kappa shape index (κ2) is 12.4. The van der Waals surface area contributed by atoms with Gasteiger partial charge >= 0.3 is 5.97 Å². The van der Waals surface area contributed by atoms with Crippen LogP contribution in [0.25, 0.3) is 22.5 Å². The first kappa shape index (κ1) is 25.5. The molecule has 0 aliphatic heterocycles. The second-order valence-corrected chi connectivity index (χ2v) is 9.80. The molecule has 36 heavy (non-hydrogen) atoms. The van der Waals surface area contributed by atoms with E-state index in [1.54, 1.807) is 24.3 Å². The molecule has 6 nitrogen and oxygen atoms in total. The van der Waals surface area contributed by atoms with Gasteiger partial charge in [-0.15, -0.1) is 0 Å². The summed E-state index contributed by atoms with van der Waals surface area (Å²) in [5, 5.41) is 11.2. The number of nitrogens with one attached hydrogen (secondary N) is 1. The van der Waals surface area contributed by atoms with Crippen molar-refractivity contribution in [2.24, 2.45) is 5.92 Å². The van der Waals surface area contributed by atoms with Gasteiger partial charge < -0.3 is 19.6 Å². The van der Waals surface area contributed by atoms with E-state index >= 15 is 0 Å². The SMILES string of the molecule is CC(C)COC(=O)c1ccc(OC[C@H](O)CSc2nc(-c3ccccc3)c(-c3ccccc3)[nH]2)cc1. The van der Waals surface area contributed by atoms with E-state index in [-0.39, 0.29) is 18.5 Å². The largest absolute Gasteiger partial charge is 0.491 e. The molecule has 4 aromatic rings. The van der Waals surface area contributed by atoms with E-state index in [1.165, 1.54) is 11.8 Å². The number of rotatable bonds is 11. The van der Waals surface area contributed by atoms with Crippen LogP contribution in [0.4, 0.5) is 0 Å². The molecule has 186 valence electrons. The van der Waals surface area contributed by atoms with Crippen LogP contribution in [-0.4, -0.2) is 46.1 Å². The fourth-order valence-corrected chi connectivity index (χ4v) is 4.24. The molecular formula is C29H30N2O4S. The lowest BCUT2D eigenvalue weighted by molar-refractivity contribution is 0.0459. The van der Waals surface area contributed by atoms with Gasteiger partial charge in [-0.3, -0.25) is 0 Å². The highest BCUT2D eigenvalue weighted by molar-refractivity contribution is 7.99. The van der Waals surface area contributed by atoms with Crippen LogP contribution in [0.3, 0.4) is 0 Å². The van der Waals surface area contributed by atoms with Gasteiger partial charge in [-0.25, -0.2) is 9.78 Å². The number of benzene rings is 3. The number of carbonyl (C=O) groups is 1. The first-order valence-corrected chi connectivity index (χ1v) is 12.9. The molecule has 0 spiro atoms. The number of carbonyl (C=O) groups excluding carboxylic acids is 1. The number of esters is 1. The summed E-state index contributed by atoms with van der Waals surface area (Å²) in [5.74, 6) is 0.923. The Balaban J connectivity index is 1.34. The molecule has 1 aromatic heterocycles. The zero-order valence-electron chi connectivity index (χ0n) is 20.4. The number of nitrogens with zero attached hydrogens (tertiary/aromatic N) is 1. The zero-order valence-corrected chi connectivity index (χ0v) is 21.2. The lowest BCUT2D eigenvalue weighted by Crippen LogP contribution is -2.20. The summed E-state index contributed by atoms with van der Waals surface area (Å²) >= 11 is 1.44. The maximum atomic E-state index is 12.0. The number of aliphatic hydroxyl groups excluding tert-OH is 1. The van der Waals surface area contributed by atoms with Crippen molar-refractivity contribution in [3.63, 3.8) is 0 Å². The fourth-order valence-electron chi connectivity index (χ4n) is 3.47. The minimum Gasteiger partial charge on any atom is -0.491 e. The average Bonchev–Trinajstić information content (AvgIpc) is 3.35. The van der Waals surface area contributed by atoms with Crippen molar-refractivity contribution in [2.75, 3.05) is 19.0 Å². The first-order chi connectivity index (χ1) is 17.5. The number of hydrogen-bond acceptors (Lipinski definition) is 6. The first-order valence-electron chi connectivity index (χ1n) is 11.9. The number of imidazole rings is 1. The Labute approximate surface area is 215 Å². The molecule has 0 fully saturated rings. The van der Waals surface area contributed by atoms with Gasteiger partial charge in [-0.2, -0.15) is 0 Å². The summed E-state index contributed by atoms with van der Waals surface area (Å²) in [4.78, 5) is 20.3. The number of thioether (sulfide) groups is 1. The van der Waals surface area contributed by atoms with E-state index in [9.17, 15) is 9.90 Å². The van der Waals surface area contributed by atoms with Gasteiger partial charge in [0.1, 0.15) is 12.4 Å². The minimum atomic E-state index is -0.698. The molecular weight excluding hydrogens is 472 g/mol. The van der Waals surface area contributed by atoms with Crippen molar-refractivity contribution in [3.05, 3.63) is 90.5 Å². The third-order valence-corrected chi connectivity index (χ3v) is 6.30. The predicted molar refractivity (Wildman–Crippen MR) is 143 cm³/mol. The van der Waals surface area contributed by atoms with Gasteiger partial charge in [0.25, 0.3) is 0 Å². The molecule has 2 N–H and O–H groups in total. The van der Waals surface area contributed by atoms with Gasteiger partial charge in [-0.05, 0) is 30.2 Å². The Morgan fingerprint density at radius 1 is 0.917 bits per heavy atom. The lowest BCUT2D eigenvalue weighted by atomic mass is 10.1. The van der Waals surface area contributed by atoms with Gasteiger partial charge in [0.15, 0.2) is 5.16 Å². The molecule has 0 radical (unpaired) electrons. The normalized spacial score (nSPS) is 11.9. The van der Waals surface area contributed by atoms with Crippen LogP contribution in [0.15, 0.2) is 90.1 Å². The maximum Gasteiger partial charge on any atom is 0.338 e. The van der Waals surface area contributed by atoms with E-state index in [2.05, 4.69) is 4.98 Å². The van der Waals surface area contributed by atoms with Crippen LogP contribution in [0.5, 0.6) is 5.75 Å². The van der Waals surface area contributed by atoms with Gasteiger partial charge in [0.05, 0.1) is 29.7 Å². The van der Waals surface area contributed by atoms with Crippen LogP contribution in [0.1, 0.15) is 24.2 Å². The summed E-state index contributed by atoms with van der Waals surface area (Å²) < 4.78 is 10.9. The maximum absolute atomic E-state index is 12.0. The van der Waals surface area contributed by atoms with Crippen molar-refractivity contribution >= 4 is 17.7 Å². The Bertz CT molecular complexity index is 1180. The average molecular weight is 503 g/mol. The van der Waals surface area contributed by atoms with Gasteiger partial charge in [0.2, 0.25) is 0 Å². The smallest absolute Gasteiger partial charge is 0.338 e. The van der Waals surface area contributed by atoms with Crippen molar-refractivity contribution < 1.29 is 19.4 Å². The number of H-pyrrole nitrogens is 1. The highest BCUT2D eigenvalue weighted by Gasteiger charge is 2.16. The topological polar surface area (TPSA) is 84.4 Å². The number of aromatic nitrogens is 2. The molecule has 1 heterocycles. The molecule has 0 saturated carbocycles. The molecule has 0 saturated heterocycles. The van der Waals surface area contributed by atoms with Crippen LogP contribution >= 0.6 is 11.8 Å². The zero-order chi connectivity index (χ0) is 25.3. The number of ether oxygens (including phenoxy) is 2. The van der Waals surface area contributed by atoms with E-state index in [1.807, 2.05) is 74.5 Å². The number of aliphatic hydroxyl groups is 1. The summed E-state index contributed by atoms with van der Waals surface area (Å²) in [6.45, 7) is 4.49. The number of aromatic amines is 1. The van der Waals surface area contributed by atoms with E-state index in [4.69, 9.17) is 14.5 Å². The summed E-state index contributed by atoms with van der Waals surface area (Å²) in [5.41, 5.74) is 4.38. The molecule has 3 aromatic carbocycles. The minimum absolute atomic E-state index is 0.127. The van der Waals surface area contributed by atoms with Crippen LogP contribution < -0.4 is 4.74 Å². The molecule has 0 unspecified atom stereocenters.